The van der Waals surface area contributed by atoms with E-state index in [1.807, 2.05) is 18.2 Å². The Bertz CT molecular complexity index is 823. The summed E-state index contributed by atoms with van der Waals surface area (Å²) in [5.41, 5.74) is 2.69. The summed E-state index contributed by atoms with van der Waals surface area (Å²) in [7, 11) is 0. The quantitative estimate of drug-likeness (QED) is 0.671. The topological polar surface area (TPSA) is 90.5 Å². The van der Waals surface area contributed by atoms with E-state index in [-0.39, 0.29) is 24.1 Å². The molecule has 7 nitrogen and oxygen atoms in total. The van der Waals surface area contributed by atoms with Crippen molar-refractivity contribution >= 4 is 17.7 Å². The van der Waals surface area contributed by atoms with Gasteiger partial charge in [0.1, 0.15) is 6.04 Å². The predicted octanol–water partition coefficient (Wildman–Crippen LogP) is 0.430. The number of fused-ring (bicyclic) bond motifs is 3. The number of rotatable bonds is 4. The summed E-state index contributed by atoms with van der Waals surface area (Å²) in [6.07, 6.45) is 4.31. The van der Waals surface area contributed by atoms with Crippen LogP contribution in [0.5, 0.6) is 0 Å². The maximum Gasteiger partial charge on any atom is 0.255 e. The van der Waals surface area contributed by atoms with Crippen molar-refractivity contribution in [1.29, 1.82) is 0 Å². The van der Waals surface area contributed by atoms with E-state index in [2.05, 4.69) is 16.0 Å². The van der Waals surface area contributed by atoms with E-state index >= 15 is 0 Å². The van der Waals surface area contributed by atoms with E-state index in [1.165, 1.54) is 12.8 Å². The Morgan fingerprint density at radius 2 is 2.04 bits per heavy atom. The first-order valence-corrected chi connectivity index (χ1v) is 9.85. The number of nitrogens with one attached hydrogen (secondary N) is 3. The zero-order valence-electron chi connectivity index (χ0n) is 15.2. The smallest absolute Gasteiger partial charge is 0.255 e. The van der Waals surface area contributed by atoms with Gasteiger partial charge in [0.2, 0.25) is 11.8 Å². The standard InChI is InChI=1S/C20H24N4O3/c25-17-7-6-16(19(26)23-17)24-10-12-3-1-2-11(18(12)20(24)27)9-21-15-8-13-4-5-14(15)22-13/h1-3,13-16,21-22H,4-10H2,(H,23,25,26)/t13-,14+,15-,16?/m1/s1. The lowest BCUT2D eigenvalue weighted by atomic mass is 9.95. The Kier molecular flexibility index (Phi) is 4.02. The summed E-state index contributed by atoms with van der Waals surface area (Å²) in [4.78, 5) is 38.3. The lowest BCUT2D eigenvalue weighted by Gasteiger charge is -2.29. The molecule has 4 atom stereocenters. The van der Waals surface area contributed by atoms with E-state index in [1.54, 1.807) is 4.90 Å². The second-order valence-electron chi connectivity index (χ2n) is 8.12. The predicted molar refractivity (Wildman–Crippen MR) is 97.7 cm³/mol. The van der Waals surface area contributed by atoms with Gasteiger partial charge in [-0.25, -0.2) is 0 Å². The molecule has 3 N–H and O–H groups in total. The van der Waals surface area contributed by atoms with Crippen molar-refractivity contribution in [3.8, 4) is 0 Å². The molecule has 4 aliphatic heterocycles. The van der Waals surface area contributed by atoms with Gasteiger partial charge in [-0.1, -0.05) is 18.2 Å². The van der Waals surface area contributed by atoms with Gasteiger partial charge in [0.15, 0.2) is 0 Å². The normalized spacial score (nSPS) is 32.1. The number of benzene rings is 1. The molecule has 7 heteroatoms. The summed E-state index contributed by atoms with van der Waals surface area (Å²) in [5.74, 6) is -0.715. The number of hydrogen-bond acceptors (Lipinski definition) is 5. The zero-order chi connectivity index (χ0) is 18.5. The molecule has 1 aromatic carbocycles. The molecule has 3 saturated heterocycles. The minimum Gasteiger partial charge on any atom is -0.322 e. The molecule has 27 heavy (non-hydrogen) atoms. The van der Waals surface area contributed by atoms with Crippen LogP contribution in [0.25, 0.3) is 0 Å². The summed E-state index contributed by atoms with van der Waals surface area (Å²) in [5, 5.41) is 9.61. The van der Waals surface area contributed by atoms with E-state index in [0.717, 1.165) is 23.1 Å². The first-order chi connectivity index (χ1) is 13.1. The lowest BCUT2D eigenvalue weighted by Crippen LogP contribution is -2.52. The minimum atomic E-state index is -0.557. The first-order valence-electron chi connectivity index (χ1n) is 9.85. The van der Waals surface area contributed by atoms with Crippen LogP contribution in [-0.2, 0) is 22.7 Å². The third-order valence-electron chi connectivity index (χ3n) is 6.49. The van der Waals surface area contributed by atoms with Gasteiger partial charge < -0.3 is 15.5 Å². The van der Waals surface area contributed by atoms with Gasteiger partial charge in [-0.15, -0.1) is 0 Å². The number of carbonyl (C=O) groups excluding carboxylic acids is 3. The molecule has 2 bridgehead atoms. The number of piperidine rings is 1. The number of amides is 3. The minimum absolute atomic E-state index is 0.0945. The van der Waals surface area contributed by atoms with Gasteiger partial charge >= 0.3 is 0 Å². The van der Waals surface area contributed by atoms with E-state index < -0.39 is 6.04 Å². The molecule has 0 saturated carbocycles. The van der Waals surface area contributed by atoms with Crippen molar-refractivity contribution in [3.05, 3.63) is 34.9 Å². The van der Waals surface area contributed by atoms with Crippen molar-refractivity contribution in [3.63, 3.8) is 0 Å². The second-order valence-corrected chi connectivity index (χ2v) is 8.12. The third kappa shape index (κ3) is 2.85. The van der Waals surface area contributed by atoms with Gasteiger partial charge in [0.25, 0.3) is 5.91 Å². The molecule has 4 aliphatic rings. The summed E-state index contributed by atoms with van der Waals surface area (Å²) >= 11 is 0. The van der Waals surface area contributed by atoms with Gasteiger partial charge in [-0.3, -0.25) is 19.7 Å². The largest absolute Gasteiger partial charge is 0.322 e. The Hall–Kier alpha value is -2.25. The van der Waals surface area contributed by atoms with Crippen LogP contribution in [-0.4, -0.2) is 46.8 Å². The van der Waals surface area contributed by atoms with Crippen molar-refractivity contribution in [2.24, 2.45) is 0 Å². The van der Waals surface area contributed by atoms with E-state index in [4.69, 9.17) is 0 Å². The number of carbonyl (C=O) groups is 3. The van der Waals surface area contributed by atoms with Crippen LogP contribution in [0.2, 0.25) is 0 Å². The molecule has 3 amide bonds. The zero-order valence-corrected chi connectivity index (χ0v) is 15.2. The fourth-order valence-corrected chi connectivity index (χ4v) is 5.13. The Morgan fingerprint density at radius 3 is 2.78 bits per heavy atom. The Labute approximate surface area is 157 Å². The Morgan fingerprint density at radius 1 is 1.15 bits per heavy atom. The lowest BCUT2D eigenvalue weighted by molar-refractivity contribution is -0.136. The highest BCUT2D eigenvalue weighted by atomic mass is 16.2. The maximum atomic E-state index is 13.1. The van der Waals surface area contributed by atoms with E-state index in [9.17, 15) is 14.4 Å². The molecule has 5 rings (SSSR count). The average Bonchev–Trinajstić information content (AvgIpc) is 3.35. The molecule has 1 unspecified atom stereocenters. The third-order valence-corrected chi connectivity index (χ3v) is 6.49. The average molecular weight is 368 g/mol. The van der Waals surface area contributed by atoms with Crippen molar-refractivity contribution in [2.75, 3.05) is 0 Å². The second kappa shape index (κ2) is 6.42. The molecule has 0 aliphatic carbocycles. The molecule has 0 aromatic heterocycles. The SMILES string of the molecule is O=C1CCC(N2Cc3cccc(CN[C@@H]4C[C@H]5CC[C@@H]4N5)c3C2=O)C(=O)N1. The summed E-state index contributed by atoms with van der Waals surface area (Å²) in [6.45, 7) is 1.09. The van der Waals surface area contributed by atoms with Gasteiger partial charge in [0.05, 0.1) is 0 Å². The molecule has 0 radical (unpaired) electrons. The van der Waals surface area contributed by atoms with Crippen LogP contribution < -0.4 is 16.0 Å². The molecule has 3 fully saturated rings. The fourth-order valence-electron chi connectivity index (χ4n) is 5.13. The molecule has 4 heterocycles. The molecule has 0 spiro atoms. The first kappa shape index (κ1) is 16.9. The summed E-state index contributed by atoms with van der Waals surface area (Å²) in [6, 6.07) is 7.03. The van der Waals surface area contributed by atoms with Crippen molar-refractivity contribution in [2.45, 2.75) is 69.4 Å². The number of hydrogen-bond donors (Lipinski definition) is 3. The highest BCUT2D eigenvalue weighted by Crippen LogP contribution is 2.31. The molecule has 1 aromatic rings. The highest BCUT2D eigenvalue weighted by Gasteiger charge is 2.41. The van der Waals surface area contributed by atoms with Crippen LogP contribution in [0.3, 0.4) is 0 Å². The van der Waals surface area contributed by atoms with Gasteiger partial charge in [-0.2, -0.15) is 0 Å². The fraction of sp³-hybridized carbons (Fsp3) is 0.550. The molecular formula is C20H24N4O3. The van der Waals surface area contributed by atoms with Crippen LogP contribution >= 0.6 is 0 Å². The van der Waals surface area contributed by atoms with Crippen LogP contribution in [0.15, 0.2) is 18.2 Å². The van der Waals surface area contributed by atoms with Crippen LogP contribution in [0.4, 0.5) is 0 Å². The number of nitrogens with zero attached hydrogens (tertiary/aromatic N) is 1. The van der Waals surface area contributed by atoms with Crippen LogP contribution in [0, 0.1) is 0 Å². The Balaban J connectivity index is 1.32. The number of imide groups is 1. The summed E-state index contributed by atoms with van der Waals surface area (Å²) < 4.78 is 0. The molecular weight excluding hydrogens is 344 g/mol. The molecule has 142 valence electrons. The highest BCUT2D eigenvalue weighted by molar-refractivity contribution is 6.05. The van der Waals surface area contributed by atoms with Crippen molar-refractivity contribution in [1.82, 2.24) is 20.9 Å². The van der Waals surface area contributed by atoms with E-state index in [0.29, 0.717) is 37.6 Å². The maximum absolute atomic E-state index is 13.1. The van der Waals surface area contributed by atoms with Crippen LogP contribution in [0.1, 0.15) is 53.6 Å². The van der Waals surface area contributed by atoms with Crippen molar-refractivity contribution < 1.29 is 14.4 Å². The van der Waals surface area contributed by atoms with Gasteiger partial charge in [0, 0.05) is 43.2 Å². The monoisotopic (exact) mass is 368 g/mol. The van der Waals surface area contributed by atoms with Gasteiger partial charge in [-0.05, 0) is 36.8 Å².